The number of fused-ring (bicyclic) bond motifs is 3. The molecule has 27 heavy (non-hydrogen) atoms. The van der Waals surface area contributed by atoms with Gasteiger partial charge in [0.25, 0.3) is 0 Å². The molecule has 1 aromatic heterocycles. The first-order valence-corrected chi connectivity index (χ1v) is 9.28. The van der Waals surface area contributed by atoms with E-state index in [-0.39, 0.29) is 6.04 Å². The zero-order valence-electron chi connectivity index (χ0n) is 15.6. The summed E-state index contributed by atoms with van der Waals surface area (Å²) in [5, 5.41) is 15.8. The van der Waals surface area contributed by atoms with Crippen LogP contribution in [0.15, 0.2) is 66.7 Å². The third-order valence-corrected chi connectivity index (χ3v) is 4.79. The van der Waals surface area contributed by atoms with Gasteiger partial charge in [-0.2, -0.15) is 0 Å². The predicted molar refractivity (Wildman–Crippen MR) is 111 cm³/mol. The van der Waals surface area contributed by atoms with Crippen LogP contribution in [0, 0.1) is 0 Å². The zero-order valence-corrected chi connectivity index (χ0v) is 15.6. The van der Waals surface area contributed by atoms with Gasteiger partial charge < -0.3 is 20.1 Å². The maximum atomic E-state index is 9.91. The molecule has 0 radical (unpaired) electrons. The minimum atomic E-state index is -0.508. The summed E-state index contributed by atoms with van der Waals surface area (Å²) < 4.78 is 6.00. The number of benzene rings is 3. The van der Waals surface area contributed by atoms with E-state index in [1.807, 2.05) is 42.5 Å². The topological polar surface area (TPSA) is 57.3 Å². The summed E-state index contributed by atoms with van der Waals surface area (Å²) >= 11 is 0. The first-order chi connectivity index (χ1) is 13.1. The maximum absolute atomic E-state index is 9.91. The Kier molecular flexibility index (Phi) is 4.73. The molecule has 1 heterocycles. The van der Waals surface area contributed by atoms with E-state index < -0.39 is 6.10 Å². The Balaban J connectivity index is 1.46. The second kappa shape index (κ2) is 7.33. The first kappa shape index (κ1) is 17.4. The van der Waals surface area contributed by atoms with Crippen molar-refractivity contribution in [2.24, 2.45) is 0 Å². The quantitative estimate of drug-likeness (QED) is 0.440. The van der Waals surface area contributed by atoms with Crippen molar-refractivity contribution < 1.29 is 9.84 Å². The highest BCUT2D eigenvalue weighted by Gasteiger charge is 2.11. The maximum Gasteiger partial charge on any atom is 0.121 e. The van der Waals surface area contributed by atoms with Crippen LogP contribution in [0.2, 0.25) is 0 Å². The van der Waals surface area contributed by atoms with Gasteiger partial charge in [-0.25, -0.2) is 0 Å². The number of aliphatic hydroxyl groups is 1. The summed E-state index contributed by atoms with van der Waals surface area (Å²) in [7, 11) is 0. The number of hydrogen-bond acceptors (Lipinski definition) is 3. The summed E-state index contributed by atoms with van der Waals surface area (Å²) in [5.41, 5.74) is 4.04. The van der Waals surface area contributed by atoms with Gasteiger partial charge in [0.2, 0.25) is 0 Å². The van der Waals surface area contributed by atoms with Crippen molar-refractivity contribution in [3.05, 3.63) is 72.3 Å². The fourth-order valence-electron chi connectivity index (χ4n) is 3.44. The Hall–Kier alpha value is -2.98. The number of aromatic amines is 1. The predicted octanol–water partition coefficient (Wildman–Crippen LogP) is 5.25. The van der Waals surface area contributed by atoms with Crippen LogP contribution in [0.25, 0.3) is 21.8 Å². The van der Waals surface area contributed by atoms with Crippen molar-refractivity contribution in [2.45, 2.75) is 26.0 Å². The normalized spacial score (nSPS) is 13.6. The van der Waals surface area contributed by atoms with Crippen LogP contribution in [0.3, 0.4) is 0 Å². The van der Waals surface area contributed by atoms with E-state index in [0.29, 0.717) is 6.61 Å². The fraction of sp³-hybridized carbons (Fsp3) is 0.217. The molecule has 0 saturated heterocycles. The van der Waals surface area contributed by atoms with Gasteiger partial charge in [-0.1, -0.05) is 36.4 Å². The Labute approximate surface area is 158 Å². The van der Waals surface area contributed by atoms with E-state index in [2.05, 4.69) is 41.5 Å². The largest absolute Gasteiger partial charge is 0.491 e. The monoisotopic (exact) mass is 360 g/mol. The van der Waals surface area contributed by atoms with Gasteiger partial charge in [-0.05, 0) is 38.1 Å². The molecular formula is C23H24N2O2. The van der Waals surface area contributed by atoms with Crippen LogP contribution in [-0.4, -0.2) is 22.7 Å². The van der Waals surface area contributed by atoms with Crippen LogP contribution in [0.4, 0.5) is 5.69 Å². The minimum Gasteiger partial charge on any atom is -0.491 e. The Morgan fingerprint density at radius 3 is 2.52 bits per heavy atom. The first-order valence-electron chi connectivity index (χ1n) is 9.28. The highest BCUT2D eigenvalue weighted by Crippen LogP contribution is 2.28. The summed E-state index contributed by atoms with van der Waals surface area (Å²) in [6.45, 7) is 4.37. The Bertz CT molecular complexity index is 1070. The minimum absolute atomic E-state index is 0.100. The number of aliphatic hydroxyl groups excluding tert-OH is 1. The number of aromatic nitrogens is 1. The van der Waals surface area contributed by atoms with E-state index >= 15 is 0 Å². The van der Waals surface area contributed by atoms with Gasteiger partial charge in [-0.3, -0.25) is 0 Å². The lowest BCUT2D eigenvalue weighted by molar-refractivity contribution is 0.200. The molecule has 4 nitrogen and oxygen atoms in total. The number of anilines is 1. The molecule has 3 N–H and O–H groups in total. The Morgan fingerprint density at radius 1 is 0.926 bits per heavy atom. The Morgan fingerprint density at radius 2 is 1.67 bits per heavy atom. The molecule has 4 aromatic rings. The van der Waals surface area contributed by atoms with Gasteiger partial charge in [0.05, 0.1) is 17.7 Å². The third kappa shape index (κ3) is 3.62. The number of ether oxygens (including phenoxy) is 1. The number of H-pyrrole nitrogens is 1. The smallest absolute Gasteiger partial charge is 0.121 e. The second-order valence-electron chi connectivity index (χ2n) is 7.00. The van der Waals surface area contributed by atoms with E-state index in [0.717, 1.165) is 28.0 Å². The molecule has 2 atom stereocenters. The zero-order chi connectivity index (χ0) is 18.8. The van der Waals surface area contributed by atoms with E-state index in [1.165, 1.54) is 10.8 Å². The lowest BCUT2D eigenvalue weighted by atomic mass is 10.1. The molecule has 138 valence electrons. The third-order valence-electron chi connectivity index (χ3n) is 4.79. The van der Waals surface area contributed by atoms with Gasteiger partial charge in [0, 0.05) is 33.6 Å². The van der Waals surface area contributed by atoms with Gasteiger partial charge in [0.15, 0.2) is 0 Å². The van der Waals surface area contributed by atoms with Crippen LogP contribution in [0.1, 0.15) is 25.5 Å². The standard InChI is InChI=1S/C23H24N2O2/c1-15(24-21-9-5-3-7-18(21)16(2)26)14-27-17-11-12-20-19-8-4-6-10-22(19)25-23(20)13-17/h3-13,15-16,24-26H,14H2,1-2H3/t15-,16-/m1/s1. The van der Waals surface area contributed by atoms with Crippen LogP contribution in [-0.2, 0) is 0 Å². The molecule has 3 aromatic carbocycles. The molecular weight excluding hydrogens is 336 g/mol. The summed E-state index contributed by atoms with van der Waals surface area (Å²) in [5.74, 6) is 0.839. The van der Waals surface area contributed by atoms with Crippen molar-refractivity contribution in [1.82, 2.24) is 4.98 Å². The highest BCUT2D eigenvalue weighted by atomic mass is 16.5. The lowest BCUT2D eigenvalue weighted by Crippen LogP contribution is -2.24. The van der Waals surface area contributed by atoms with Crippen LogP contribution < -0.4 is 10.1 Å². The average Bonchev–Trinajstić information content (AvgIpc) is 3.04. The number of rotatable bonds is 6. The number of hydrogen-bond donors (Lipinski definition) is 3. The molecule has 4 rings (SSSR count). The second-order valence-corrected chi connectivity index (χ2v) is 7.00. The van der Waals surface area contributed by atoms with Crippen molar-refractivity contribution in [3.8, 4) is 5.75 Å². The molecule has 0 fully saturated rings. The summed E-state index contributed by atoms with van der Waals surface area (Å²) in [4.78, 5) is 3.44. The average molecular weight is 360 g/mol. The molecule has 4 heteroatoms. The highest BCUT2D eigenvalue weighted by molar-refractivity contribution is 6.07. The molecule has 0 aliphatic heterocycles. The van der Waals surface area contributed by atoms with Crippen molar-refractivity contribution in [2.75, 3.05) is 11.9 Å². The van der Waals surface area contributed by atoms with E-state index in [4.69, 9.17) is 4.74 Å². The van der Waals surface area contributed by atoms with Crippen LogP contribution >= 0.6 is 0 Å². The van der Waals surface area contributed by atoms with Crippen LogP contribution in [0.5, 0.6) is 5.75 Å². The van der Waals surface area contributed by atoms with Crippen molar-refractivity contribution in [1.29, 1.82) is 0 Å². The molecule has 0 amide bonds. The van der Waals surface area contributed by atoms with Crippen molar-refractivity contribution >= 4 is 27.5 Å². The molecule has 0 bridgehead atoms. The van der Waals surface area contributed by atoms with E-state index in [1.54, 1.807) is 6.92 Å². The van der Waals surface area contributed by atoms with Gasteiger partial charge in [0.1, 0.15) is 12.4 Å². The molecule has 0 unspecified atom stereocenters. The summed E-state index contributed by atoms with van der Waals surface area (Å²) in [6, 6.07) is 22.4. The number of para-hydroxylation sites is 2. The molecule has 0 aliphatic rings. The number of nitrogens with one attached hydrogen (secondary N) is 2. The molecule has 0 aliphatic carbocycles. The molecule has 0 spiro atoms. The molecule has 0 saturated carbocycles. The van der Waals surface area contributed by atoms with Crippen molar-refractivity contribution in [3.63, 3.8) is 0 Å². The lowest BCUT2D eigenvalue weighted by Gasteiger charge is -2.19. The fourth-order valence-corrected chi connectivity index (χ4v) is 3.44. The van der Waals surface area contributed by atoms with Gasteiger partial charge in [-0.15, -0.1) is 0 Å². The van der Waals surface area contributed by atoms with E-state index in [9.17, 15) is 5.11 Å². The SMILES string of the molecule is C[C@H](COc1ccc2c(c1)[nH]c1ccccc12)Nc1ccccc1[C@@H](C)O. The van der Waals surface area contributed by atoms with Gasteiger partial charge >= 0.3 is 0 Å². The summed E-state index contributed by atoms with van der Waals surface area (Å²) in [6.07, 6.45) is -0.508.